The topological polar surface area (TPSA) is 20.3 Å². The van der Waals surface area contributed by atoms with Crippen LogP contribution < -0.4 is 0 Å². The van der Waals surface area contributed by atoms with Crippen molar-refractivity contribution in [1.82, 2.24) is 4.90 Å². The molecule has 1 aliphatic rings. The van der Waals surface area contributed by atoms with E-state index in [0.717, 1.165) is 18.6 Å². The normalized spacial score (nSPS) is 23.2. The minimum absolute atomic E-state index is 0.0913. The van der Waals surface area contributed by atoms with Crippen molar-refractivity contribution in [1.29, 1.82) is 0 Å². The molecule has 1 heterocycles. The van der Waals surface area contributed by atoms with Gasteiger partial charge < -0.3 is 4.90 Å². The molecule has 0 saturated carbocycles. The molecule has 0 N–H and O–H groups in total. The first-order chi connectivity index (χ1) is 9.21. The number of carbonyl (C=O) groups is 1. The van der Waals surface area contributed by atoms with Crippen molar-refractivity contribution >= 4 is 5.91 Å². The summed E-state index contributed by atoms with van der Waals surface area (Å²) in [6.45, 7) is 4.20. The van der Waals surface area contributed by atoms with Gasteiger partial charge >= 0.3 is 6.18 Å². The average Bonchev–Trinajstić information content (AvgIpc) is 2.66. The molecule has 1 amide bonds. The number of halogens is 4. The van der Waals surface area contributed by atoms with Gasteiger partial charge in [0.25, 0.3) is 5.91 Å². The quantitative estimate of drug-likeness (QED) is 0.722. The molecule has 0 bridgehead atoms. The fourth-order valence-corrected chi connectivity index (χ4v) is 2.65. The van der Waals surface area contributed by atoms with Gasteiger partial charge in [0.2, 0.25) is 0 Å². The van der Waals surface area contributed by atoms with E-state index in [1.54, 1.807) is 0 Å². The highest BCUT2D eigenvalue weighted by molar-refractivity contribution is 5.95. The molecule has 0 radical (unpaired) electrons. The zero-order chi connectivity index (χ0) is 15.1. The van der Waals surface area contributed by atoms with Crippen LogP contribution in [-0.2, 0) is 6.18 Å². The minimum Gasteiger partial charge on any atom is -0.336 e. The summed E-state index contributed by atoms with van der Waals surface area (Å²) in [5, 5.41) is 0. The molecule has 20 heavy (non-hydrogen) atoms. The second-order valence-electron chi connectivity index (χ2n) is 5.31. The third kappa shape index (κ3) is 2.64. The molecule has 110 valence electrons. The Bertz CT molecular complexity index is 526. The standard InChI is InChI=1S/C14H15F4NO/c1-8-6-9(2)19(7-8)13(20)10-4-3-5-11(12(10)15)14(16,17)18/h3-5,8-9H,6-7H2,1-2H3. The van der Waals surface area contributed by atoms with E-state index in [1.807, 2.05) is 13.8 Å². The highest BCUT2D eigenvalue weighted by Crippen LogP contribution is 2.33. The van der Waals surface area contributed by atoms with E-state index < -0.39 is 29.0 Å². The largest absolute Gasteiger partial charge is 0.419 e. The average molecular weight is 289 g/mol. The van der Waals surface area contributed by atoms with Gasteiger partial charge in [0.15, 0.2) is 0 Å². The van der Waals surface area contributed by atoms with Crippen LogP contribution in [0.5, 0.6) is 0 Å². The van der Waals surface area contributed by atoms with E-state index in [1.165, 1.54) is 4.90 Å². The van der Waals surface area contributed by atoms with Crippen LogP contribution in [-0.4, -0.2) is 23.4 Å². The second kappa shape index (κ2) is 5.07. The molecule has 2 atom stereocenters. The van der Waals surface area contributed by atoms with Gasteiger partial charge in [0.05, 0.1) is 11.1 Å². The zero-order valence-electron chi connectivity index (χ0n) is 11.2. The summed E-state index contributed by atoms with van der Waals surface area (Å²) in [5.41, 5.74) is -1.91. The molecule has 1 aromatic carbocycles. The lowest BCUT2D eigenvalue weighted by Gasteiger charge is -2.22. The van der Waals surface area contributed by atoms with Gasteiger partial charge in [-0.05, 0) is 31.4 Å². The number of amides is 1. The number of nitrogens with zero attached hydrogens (tertiary/aromatic N) is 1. The van der Waals surface area contributed by atoms with Crippen molar-refractivity contribution in [2.45, 2.75) is 32.5 Å². The number of carbonyl (C=O) groups excluding carboxylic acids is 1. The maximum atomic E-state index is 13.9. The van der Waals surface area contributed by atoms with E-state index in [-0.39, 0.29) is 12.0 Å². The van der Waals surface area contributed by atoms with Crippen LogP contribution in [0.2, 0.25) is 0 Å². The van der Waals surface area contributed by atoms with Gasteiger partial charge in [-0.2, -0.15) is 13.2 Å². The molecule has 0 spiro atoms. The van der Waals surface area contributed by atoms with Gasteiger partial charge in [-0.15, -0.1) is 0 Å². The van der Waals surface area contributed by atoms with Crippen LogP contribution in [0.4, 0.5) is 17.6 Å². The molecule has 1 aliphatic heterocycles. The lowest BCUT2D eigenvalue weighted by molar-refractivity contribution is -0.140. The Labute approximate surface area is 114 Å². The number of hydrogen-bond acceptors (Lipinski definition) is 1. The van der Waals surface area contributed by atoms with E-state index in [0.29, 0.717) is 12.6 Å². The Morgan fingerprint density at radius 1 is 1.30 bits per heavy atom. The van der Waals surface area contributed by atoms with Crippen molar-refractivity contribution in [3.63, 3.8) is 0 Å². The van der Waals surface area contributed by atoms with Crippen LogP contribution >= 0.6 is 0 Å². The van der Waals surface area contributed by atoms with Crippen LogP contribution in [0, 0.1) is 11.7 Å². The summed E-state index contributed by atoms with van der Waals surface area (Å²) in [4.78, 5) is 13.7. The van der Waals surface area contributed by atoms with Crippen molar-refractivity contribution in [2.24, 2.45) is 5.92 Å². The molecular weight excluding hydrogens is 274 g/mol. The number of rotatable bonds is 1. The Hall–Kier alpha value is -1.59. The first-order valence-corrected chi connectivity index (χ1v) is 6.38. The molecule has 2 nitrogen and oxygen atoms in total. The summed E-state index contributed by atoms with van der Waals surface area (Å²) in [6, 6.07) is 2.71. The van der Waals surface area contributed by atoms with Gasteiger partial charge in [0, 0.05) is 12.6 Å². The summed E-state index contributed by atoms with van der Waals surface area (Å²) in [5.74, 6) is -1.90. The highest BCUT2D eigenvalue weighted by Gasteiger charge is 2.37. The lowest BCUT2D eigenvalue weighted by atomic mass is 10.1. The maximum absolute atomic E-state index is 13.9. The first-order valence-electron chi connectivity index (χ1n) is 6.38. The molecule has 1 saturated heterocycles. The predicted molar refractivity (Wildman–Crippen MR) is 65.7 cm³/mol. The fraction of sp³-hybridized carbons (Fsp3) is 0.500. The van der Waals surface area contributed by atoms with Crippen molar-refractivity contribution in [3.05, 3.63) is 35.1 Å². The zero-order valence-corrected chi connectivity index (χ0v) is 11.2. The van der Waals surface area contributed by atoms with E-state index in [9.17, 15) is 22.4 Å². The van der Waals surface area contributed by atoms with Crippen LogP contribution in [0.25, 0.3) is 0 Å². The SMILES string of the molecule is CC1CC(C)N(C(=O)c2cccc(C(F)(F)F)c2F)C1. The number of alkyl halides is 3. The maximum Gasteiger partial charge on any atom is 0.419 e. The van der Waals surface area contributed by atoms with Crippen LogP contribution in [0.15, 0.2) is 18.2 Å². The molecule has 1 aromatic rings. The Morgan fingerprint density at radius 2 is 1.95 bits per heavy atom. The number of likely N-dealkylation sites (tertiary alicyclic amines) is 1. The molecule has 2 rings (SSSR count). The molecular formula is C14H15F4NO. The van der Waals surface area contributed by atoms with Crippen molar-refractivity contribution < 1.29 is 22.4 Å². The van der Waals surface area contributed by atoms with E-state index in [4.69, 9.17) is 0 Å². The van der Waals surface area contributed by atoms with Gasteiger partial charge in [0.1, 0.15) is 5.82 Å². The fourth-order valence-electron chi connectivity index (χ4n) is 2.65. The smallest absolute Gasteiger partial charge is 0.336 e. The van der Waals surface area contributed by atoms with Gasteiger partial charge in [-0.3, -0.25) is 4.79 Å². The lowest BCUT2D eigenvalue weighted by Crippen LogP contribution is -2.34. The third-order valence-corrected chi connectivity index (χ3v) is 3.58. The highest BCUT2D eigenvalue weighted by atomic mass is 19.4. The Kier molecular flexibility index (Phi) is 3.75. The van der Waals surface area contributed by atoms with E-state index in [2.05, 4.69) is 0 Å². The summed E-state index contributed by atoms with van der Waals surface area (Å²) in [7, 11) is 0. The summed E-state index contributed by atoms with van der Waals surface area (Å²) in [6.07, 6.45) is -4.03. The van der Waals surface area contributed by atoms with Gasteiger partial charge in [-0.1, -0.05) is 13.0 Å². The summed E-state index contributed by atoms with van der Waals surface area (Å²) < 4.78 is 51.9. The van der Waals surface area contributed by atoms with Gasteiger partial charge in [-0.25, -0.2) is 4.39 Å². The van der Waals surface area contributed by atoms with Crippen LogP contribution in [0.1, 0.15) is 36.2 Å². The van der Waals surface area contributed by atoms with Crippen molar-refractivity contribution in [2.75, 3.05) is 6.54 Å². The Morgan fingerprint density at radius 3 is 2.45 bits per heavy atom. The minimum atomic E-state index is -4.80. The predicted octanol–water partition coefficient (Wildman–Crippen LogP) is 3.72. The monoisotopic (exact) mass is 289 g/mol. The molecule has 2 unspecified atom stereocenters. The summed E-state index contributed by atoms with van der Waals surface area (Å²) >= 11 is 0. The third-order valence-electron chi connectivity index (χ3n) is 3.58. The Balaban J connectivity index is 2.36. The molecule has 0 aromatic heterocycles. The van der Waals surface area contributed by atoms with Crippen molar-refractivity contribution in [3.8, 4) is 0 Å². The molecule has 0 aliphatic carbocycles. The second-order valence-corrected chi connectivity index (χ2v) is 5.31. The number of hydrogen-bond donors (Lipinski definition) is 0. The van der Waals surface area contributed by atoms with Crippen LogP contribution in [0.3, 0.4) is 0 Å². The molecule has 1 fully saturated rings. The number of benzene rings is 1. The first kappa shape index (κ1) is 14.8. The molecule has 6 heteroatoms. The van der Waals surface area contributed by atoms with E-state index >= 15 is 0 Å².